The summed E-state index contributed by atoms with van der Waals surface area (Å²) in [5.74, 6) is -0.954. The molecule has 172 valence electrons. The number of anilines is 2. The summed E-state index contributed by atoms with van der Waals surface area (Å²) in [5.41, 5.74) is 3.39. The van der Waals surface area contributed by atoms with E-state index in [1.165, 1.54) is 7.11 Å². The Morgan fingerprint density at radius 3 is 2.21 bits per heavy atom. The molecular formula is C26H24N4O4. The van der Waals surface area contributed by atoms with Crippen LogP contribution in [-0.4, -0.2) is 36.0 Å². The summed E-state index contributed by atoms with van der Waals surface area (Å²) >= 11 is 0. The third kappa shape index (κ3) is 5.42. The van der Waals surface area contributed by atoms with Crippen molar-refractivity contribution in [3.8, 4) is 0 Å². The van der Waals surface area contributed by atoms with Gasteiger partial charge in [0.25, 0.3) is 5.91 Å². The molecule has 4 N–H and O–H groups in total. The Hall–Kier alpha value is -4.59. The van der Waals surface area contributed by atoms with E-state index in [-0.39, 0.29) is 6.42 Å². The van der Waals surface area contributed by atoms with Crippen LogP contribution in [0, 0.1) is 0 Å². The zero-order chi connectivity index (χ0) is 23.9. The number of ether oxygens (including phenoxy) is 1. The first kappa shape index (κ1) is 22.6. The topological polar surface area (TPSA) is 112 Å². The van der Waals surface area contributed by atoms with Crippen LogP contribution in [0.25, 0.3) is 10.9 Å². The Balaban J connectivity index is 1.40. The van der Waals surface area contributed by atoms with Crippen LogP contribution in [0.2, 0.25) is 0 Å². The van der Waals surface area contributed by atoms with Gasteiger partial charge in [-0.05, 0) is 48.0 Å². The second-order valence-corrected chi connectivity index (χ2v) is 7.64. The zero-order valence-corrected chi connectivity index (χ0v) is 18.5. The Bertz CT molecular complexity index is 1300. The number of amides is 3. The molecule has 0 saturated heterocycles. The number of aromatic amines is 1. The van der Waals surface area contributed by atoms with Gasteiger partial charge in [-0.2, -0.15) is 0 Å². The smallest absolute Gasteiger partial charge is 0.328 e. The molecule has 8 heteroatoms. The van der Waals surface area contributed by atoms with Crippen LogP contribution in [0.3, 0.4) is 0 Å². The van der Waals surface area contributed by atoms with E-state index in [1.807, 2.05) is 48.7 Å². The van der Waals surface area contributed by atoms with E-state index in [4.69, 9.17) is 4.74 Å². The molecule has 0 spiro atoms. The molecule has 0 aliphatic heterocycles. The molecule has 0 aliphatic carbocycles. The summed E-state index contributed by atoms with van der Waals surface area (Å²) in [6.45, 7) is 0. The highest BCUT2D eigenvalue weighted by atomic mass is 16.5. The number of urea groups is 1. The van der Waals surface area contributed by atoms with Crippen molar-refractivity contribution in [2.45, 2.75) is 12.5 Å². The van der Waals surface area contributed by atoms with Gasteiger partial charge in [0.15, 0.2) is 0 Å². The SMILES string of the molecule is COC(=O)[C@@H](Cc1c[nH]c2ccccc12)NC(=O)c1ccc(NC(=O)Nc2ccccc2)cc1. The van der Waals surface area contributed by atoms with Crippen LogP contribution in [-0.2, 0) is 16.0 Å². The number of nitrogens with one attached hydrogen (secondary N) is 4. The number of carbonyl (C=O) groups is 3. The van der Waals surface area contributed by atoms with Gasteiger partial charge in [-0.15, -0.1) is 0 Å². The summed E-state index contributed by atoms with van der Waals surface area (Å²) in [5, 5.41) is 9.17. The molecular weight excluding hydrogens is 432 g/mol. The van der Waals surface area contributed by atoms with Crippen molar-refractivity contribution in [3.63, 3.8) is 0 Å². The predicted molar refractivity (Wildman–Crippen MR) is 131 cm³/mol. The van der Waals surface area contributed by atoms with E-state index in [0.717, 1.165) is 16.5 Å². The maximum absolute atomic E-state index is 12.8. The van der Waals surface area contributed by atoms with Gasteiger partial charge in [-0.1, -0.05) is 36.4 Å². The molecule has 4 aromatic rings. The Kier molecular flexibility index (Phi) is 6.88. The second-order valence-electron chi connectivity index (χ2n) is 7.64. The highest BCUT2D eigenvalue weighted by Gasteiger charge is 2.24. The van der Waals surface area contributed by atoms with Crippen LogP contribution in [0.5, 0.6) is 0 Å². The van der Waals surface area contributed by atoms with Crippen molar-refractivity contribution < 1.29 is 19.1 Å². The molecule has 4 rings (SSSR count). The first-order valence-corrected chi connectivity index (χ1v) is 10.7. The average Bonchev–Trinajstić information content (AvgIpc) is 3.27. The summed E-state index contributed by atoms with van der Waals surface area (Å²) in [6, 6.07) is 21.9. The third-order valence-electron chi connectivity index (χ3n) is 5.33. The molecule has 0 aliphatic rings. The maximum Gasteiger partial charge on any atom is 0.328 e. The number of rotatable bonds is 7. The summed E-state index contributed by atoms with van der Waals surface area (Å²) in [6.07, 6.45) is 2.11. The van der Waals surface area contributed by atoms with Crippen molar-refractivity contribution in [1.82, 2.24) is 10.3 Å². The fourth-order valence-electron chi connectivity index (χ4n) is 3.62. The number of carbonyl (C=O) groups excluding carboxylic acids is 3. The fraction of sp³-hybridized carbons (Fsp3) is 0.115. The van der Waals surface area contributed by atoms with E-state index >= 15 is 0 Å². The number of hydrogen-bond donors (Lipinski definition) is 4. The number of para-hydroxylation sites is 2. The maximum atomic E-state index is 12.8. The fourth-order valence-corrected chi connectivity index (χ4v) is 3.62. The molecule has 3 aromatic carbocycles. The van der Waals surface area contributed by atoms with Crippen molar-refractivity contribution in [1.29, 1.82) is 0 Å². The van der Waals surface area contributed by atoms with Crippen LogP contribution in [0.15, 0.2) is 85.1 Å². The van der Waals surface area contributed by atoms with Gasteiger partial charge >= 0.3 is 12.0 Å². The molecule has 0 radical (unpaired) electrons. The van der Waals surface area contributed by atoms with E-state index in [2.05, 4.69) is 20.9 Å². The van der Waals surface area contributed by atoms with Gasteiger partial charge in [0, 0.05) is 40.5 Å². The molecule has 1 aromatic heterocycles. The molecule has 34 heavy (non-hydrogen) atoms. The Morgan fingerprint density at radius 2 is 1.50 bits per heavy atom. The zero-order valence-electron chi connectivity index (χ0n) is 18.5. The lowest BCUT2D eigenvalue weighted by Crippen LogP contribution is -2.43. The minimum atomic E-state index is -0.855. The number of aromatic nitrogens is 1. The number of fused-ring (bicyclic) bond motifs is 1. The monoisotopic (exact) mass is 456 g/mol. The number of methoxy groups -OCH3 is 1. The van der Waals surface area contributed by atoms with E-state index in [9.17, 15) is 14.4 Å². The van der Waals surface area contributed by atoms with Crippen LogP contribution >= 0.6 is 0 Å². The number of hydrogen-bond acceptors (Lipinski definition) is 4. The molecule has 0 saturated carbocycles. The van der Waals surface area contributed by atoms with Gasteiger partial charge in [0.2, 0.25) is 0 Å². The predicted octanol–water partition coefficient (Wildman–Crippen LogP) is 4.33. The minimum Gasteiger partial charge on any atom is -0.467 e. The molecule has 0 bridgehead atoms. The summed E-state index contributed by atoms with van der Waals surface area (Å²) in [7, 11) is 1.29. The molecule has 3 amide bonds. The summed E-state index contributed by atoms with van der Waals surface area (Å²) in [4.78, 5) is 40.5. The molecule has 1 atom stereocenters. The largest absolute Gasteiger partial charge is 0.467 e. The lowest BCUT2D eigenvalue weighted by Gasteiger charge is -2.16. The van der Waals surface area contributed by atoms with Gasteiger partial charge < -0.3 is 25.7 Å². The van der Waals surface area contributed by atoms with Crippen LogP contribution < -0.4 is 16.0 Å². The molecule has 0 fully saturated rings. The Labute approximate surface area is 196 Å². The summed E-state index contributed by atoms with van der Waals surface area (Å²) < 4.78 is 4.90. The van der Waals surface area contributed by atoms with Gasteiger partial charge in [-0.25, -0.2) is 9.59 Å². The van der Waals surface area contributed by atoms with Crippen LogP contribution in [0.1, 0.15) is 15.9 Å². The lowest BCUT2D eigenvalue weighted by atomic mass is 10.0. The molecule has 1 heterocycles. The lowest BCUT2D eigenvalue weighted by molar-refractivity contribution is -0.142. The van der Waals surface area contributed by atoms with Crippen LogP contribution in [0.4, 0.5) is 16.2 Å². The van der Waals surface area contributed by atoms with Crippen molar-refractivity contribution in [2.24, 2.45) is 0 Å². The van der Waals surface area contributed by atoms with Gasteiger partial charge in [-0.3, -0.25) is 4.79 Å². The first-order chi connectivity index (χ1) is 16.5. The van der Waals surface area contributed by atoms with Crippen molar-refractivity contribution >= 4 is 40.2 Å². The van der Waals surface area contributed by atoms with E-state index in [0.29, 0.717) is 16.9 Å². The quantitative estimate of drug-likeness (QED) is 0.310. The number of esters is 1. The standard InChI is InChI=1S/C26H24N4O4/c1-34-25(32)23(15-18-16-27-22-10-6-5-9-21(18)22)30-24(31)17-11-13-20(14-12-17)29-26(33)28-19-7-3-2-4-8-19/h2-14,16,23,27H,15H2,1H3,(H,30,31)(H2,28,29,33)/t23-/m1/s1. The average molecular weight is 457 g/mol. The highest BCUT2D eigenvalue weighted by Crippen LogP contribution is 2.20. The second kappa shape index (κ2) is 10.4. The highest BCUT2D eigenvalue weighted by molar-refractivity contribution is 6.01. The first-order valence-electron chi connectivity index (χ1n) is 10.7. The number of benzene rings is 3. The molecule has 0 unspecified atom stereocenters. The Morgan fingerprint density at radius 1 is 0.853 bits per heavy atom. The van der Waals surface area contributed by atoms with E-state index < -0.39 is 23.9 Å². The minimum absolute atomic E-state index is 0.279. The third-order valence-corrected chi connectivity index (χ3v) is 5.33. The van der Waals surface area contributed by atoms with Gasteiger partial charge in [0.05, 0.1) is 7.11 Å². The van der Waals surface area contributed by atoms with E-state index in [1.54, 1.807) is 36.4 Å². The van der Waals surface area contributed by atoms with Crippen molar-refractivity contribution in [3.05, 3.63) is 96.2 Å². The molecule has 8 nitrogen and oxygen atoms in total. The number of H-pyrrole nitrogens is 1. The normalized spacial score (nSPS) is 11.4. The van der Waals surface area contributed by atoms with Gasteiger partial charge in [0.1, 0.15) is 6.04 Å². The van der Waals surface area contributed by atoms with Crippen molar-refractivity contribution in [2.75, 3.05) is 17.7 Å².